The minimum absolute atomic E-state index is 0.0140. The van der Waals surface area contributed by atoms with Gasteiger partial charge in [0.05, 0.1) is 32.3 Å². The Morgan fingerprint density at radius 1 is 1.12 bits per heavy atom. The molecule has 9 nitrogen and oxygen atoms in total. The van der Waals surface area contributed by atoms with Crippen LogP contribution in [0.15, 0.2) is 42.5 Å². The zero-order chi connectivity index (χ0) is 28.5. The summed E-state index contributed by atoms with van der Waals surface area (Å²) < 4.78 is 11.7. The second kappa shape index (κ2) is 14.5. The van der Waals surface area contributed by atoms with E-state index in [9.17, 15) is 24.9 Å². The number of ether oxygens (including phenoxy) is 2. The van der Waals surface area contributed by atoms with Gasteiger partial charge in [0, 0.05) is 50.2 Å². The number of carboxylic acids is 1. The van der Waals surface area contributed by atoms with E-state index in [1.807, 2.05) is 29.2 Å². The number of aliphatic hydroxyl groups excluding tert-OH is 2. The summed E-state index contributed by atoms with van der Waals surface area (Å²) in [7, 11) is 0. The summed E-state index contributed by atoms with van der Waals surface area (Å²) in [5.41, 5.74) is 2.71. The molecule has 2 heterocycles. The van der Waals surface area contributed by atoms with Gasteiger partial charge in [0.2, 0.25) is 5.91 Å². The summed E-state index contributed by atoms with van der Waals surface area (Å²) >= 11 is 0. The predicted molar refractivity (Wildman–Crippen MR) is 151 cm³/mol. The number of carbonyl (C=O) groups excluding carboxylic acids is 1. The molecule has 1 fully saturated rings. The van der Waals surface area contributed by atoms with Gasteiger partial charge in [-0.05, 0) is 42.5 Å². The Morgan fingerprint density at radius 3 is 2.67 bits per heavy atom. The van der Waals surface area contributed by atoms with Crippen molar-refractivity contribution in [1.82, 2.24) is 9.80 Å². The highest BCUT2D eigenvalue weighted by Gasteiger charge is 2.47. The molecule has 40 heavy (non-hydrogen) atoms. The number of benzene rings is 2. The van der Waals surface area contributed by atoms with E-state index < -0.39 is 17.9 Å². The number of fused-ring (bicyclic) bond motifs is 1. The lowest BCUT2D eigenvalue weighted by Gasteiger charge is -2.29. The van der Waals surface area contributed by atoms with Crippen molar-refractivity contribution in [1.29, 1.82) is 0 Å². The molecule has 1 saturated heterocycles. The SMILES string of the molecule is CCCCN(CCCO)C(=O)CN1C[C@H](c2ccc3c(c2)CCO3)[C@@H](C(=O)O)[C@@H]1CCOc1ccccc1CO. The Balaban J connectivity index is 1.57. The Labute approximate surface area is 236 Å². The van der Waals surface area contributed by atoms with Crippen LogP contribution < -0.4 is 9.47 Å². The lowest BCUT2D eigenvalue weighted by atomic mass is 9.83. The first-order chi connectivity index (χ1) is 19.5. The van der Waals surface area contributed by atoms with Crippen molar-refractivity contribution in [2.45, 2.75) is 57.6 Å². The topological polar surface area (TPSA) is 120 Å². The minimum atomic E-state index is -0.888. The molecule has 4 rings (SSSR count). The molecule has 0 aliphatic carbocycles. The van der Waals surface area contributed by atoms with E-state index in [-0.39, 0.29) is 38.2 Å². The standard InChI is InChI=1S/C31H42N2O7/c1-2-3-13-32(14-6-15-34)29(36)20-33-19-25(22-9-10-28-23(18-22)11-16-39-28)30(31(37)38)26(33)12-17-40-27-8-5-4-7-24(27)21-35/h4-5,7-10,18,25-26,30,34-35H,2-3,6,11-17,19-21H2,1H3,(H,37,38)/t25-,26+,30-/m1/s1. The van der Waals surface area contributed by atoms with Crippen molar-refractivity contribution in [3.8, 4) is 11.5 Å². The van der Waals surface area contributed by atoms with Crippen LogP contribution in [0.5, 0.6) is 11.5 Å². The number of amides is 1. The molecule has 0 saturated carbocycles. The number of aliphatic hydroxyl groups is 2. The highest BCUT2D eigenvalue weighted by molar-refractivity contribution is 5.79. The molecule has 2 aliphatic rings. The number of hydrogen-bond donors (Lipinski definition) is 3. The molecule has 9 heteroatoms. The summed E-state index contributed by atoms with van der Waals surface area (Å²) in [5, 5.41) is 29.5. The highest BCUT2D eigenvalue weighted by atomic mass is 16.5. The van der Waals surface area contributed by atoms with Crippen LogP contribution in [0.2, 0.25) is 0 Å². The molecule has 0 radical (unpaired) electrons. The van der Waals surface area contributed by atoms with Crippen LogP contribution in [0.25, 0.3) is 0 Å². The zero-order valence-corrected chi connectivity index (χ0v) is 23.3. The Bertz CT molecular complexity index is 1130. The Morgan fingerprint density at radius 2 is 1.93 bits per heavy atom. The maximum absolute atomic E-state index is 13.5. The van der Waals surface area contributed by atoms with Gasteiger partial charge in [-0.2, -0.15) is 0 Å². The maximum atomic E-state index is 13.5. The number of hydrogen-bond acceptors (Lipinski definition) is 7. The van der Waals surface area contributed by atoms with E-state index in [0.717, 1.165) is 36.1 Å². The zero-order valence-electron chi connectivity index (χ0n) is 23.3. The molecular weight excluding hydrogens is 512 g/mol. The van der Waals surface area contributed by atoms with Crippen LogP contribution >= 0.6 is 0 Å². The maximum Gasteiger partial charge on any atom is 0.308 e. The molecule has 218 valence electrons. The second-order valence-electron chi connectivity index (χ2n) is 10.6. The first-order valence-corrected chi connectivity index (χ1v) is 14.4. The first-order valence-electron chi connectivity index (χ1n) is 14.4. The van der Waals surface area contributed by atoms with Crippen LogP contribution in [0.3, 0.4) is 0 Å². The second-order valence-corrected chi connectivity index (χ2v) is 10.6. The van der Waals surface area contributed by atoms with Crippen LogP contribution in [-0.4, -0.2) is 89.0 Å². The van der Waals surface area contributed by atoms with E-state index in [2.05, 4.69) is 13.0 Å². The molecule has 1 amide bonds. The largest absolute Gasteiger partial charge is 0.493 e. The lowest BCUT2D eigenvalue weighted by molar-refractivity contribution is -0.144. The number of aliphatic carboxylic acids is 1. The molecule has 0 spiro atoms. The van der Waals surface area contributed by atoms with Gasteiger partial charge in [0.1, 0.15) is 11.5 Å². The van der Waals surface area contributed by atoms with Crippen LogP contribution in [0, 0.1) is 5.92 Å². The van der Waals surface area contributed by atoms with Crippen molar-refractivity contribution < 1.29 is 34.4 Å². The Kier molecular flexibility index (Phi) is 10.8. The third kappa shape index (κ3) is 7.13. The normalized spacial score (nSPS) is 20.2. The van der Waals surface area contributed by atoms with E-state index in [4.69, 9.17) is 9.47 Å². The van der Waals surface area contributed by atoms with E-state index >= 15 is 0 Å². The summed E-state index contributed by atoms with van der Waals surface area (Å²) in [6, 6.07) is 12.8. The summed E-state index contributed by atoms with van der Waals surface area (Å²) in [4.78, 5) is 30.1. The number of para-hydroxylation sites is 1. The van der Waals surface area contributed by atoms with E-state index in [1.54, 1.807) is 17.0 Å². The van der Waals surface area contributed by atoms with Crippen LogP contribution in [-0.2, 0) is 22.6 Å². The molecule has 2 aliphatic heterocycles. The number of rotatable bonds is 15. The minimum Gasteiger partial charge on any atom is -0.493 e. The highest BCUT2D eigenvalue weighted by Crippen LogP contribution is 2.41. The third-order valence-corrected chi connectivity index (χ3v) is 8.05. The molecule has 0 bridgehead atoms. The number of likely N-dealkylation sites (tertiary alicyclic amines) is 1. The average molecular weight is 555 g/mol. The van der Waals surface area contributed by atoms with Gasteiger partial charge in [-0.3, -0.25) is 14.5 Å². The molecule has 3 atom stereocenters. The van der Waals surface area contributed by atoms with Crippen LogP contribution in [0.4, 0.5) is 0 Å². The van der Waals surface area contributed by atoms with E-state index in [0.29, 0.717) is 50.4 Å². The van der Waals surface area contributed by atoms with Crippen molar-refractivity contribution in [2.24, 2.45) is 5.92 Å². The number of carbonyl (C=O) groups is 2. The van der Waals surface area contributed by atoms with Crippen molar-refractivity contribution >= 4 is 11.9 Å². The van der Waals surface area contributed by atoms with Crippen molar-refractivity contribution in [3.05, 3.63) is 59.2 Å². The van der Waals surface area contributed by atoms with E-state index in [1.165, 1.54) is 0 Å². The predicted octanol–water partition coefficient (Wildman–Crippen LogP) is 3.06. The fraction of sp³-hybridized carbons (Fsp3) is 0.548. The monoisotopic (exact) mass is 554 g/mol. The first kappa shape index (κ1) is 29.8. The van der Waals surface area contributed by atoms with Crippen molar-refractivity contribution in [2.75, 3.05) is 46.0 Å². The fourth-order valence-corrected chi connectivity index (χ4v) is 5.94. The van der Waals surface area contributed by atoms with Gasteiger partial charge in [-0.15, -0.1) is 0 Å². The lowest BCUT2D eigenvalue weighted by Crippen LogP contribution is -2.45. The Hall–Kier alpha value is -3.14. The summed E-state index contributed by atoms with van der Waals surface area (Å²) in [5.74, 6) is -0.518. The number of nitrogens with zero attached hydrogens (tertiary/aromatic N) is 2. The molecule has 2 aromatic carbocycles. The molecular formula is C31H42N2O7. The molecule has 0 aromatic heterocycles. The molecule has 2 aromatic rings. The summed E-state index contributed by atoms with van der Waals surface area (Å²) in [6.45, 7) is 4.47. The van der Waals surface area contributed by atoms with Gasteiger partial charge in [-0.25, -0.2) is 0 Å². The van der Waals surface area contributed by atoms with Gasteiger partial charge < -0.3 is 29.7 Å². The molecule has 3 N–H and O–H groups in total. The van der Waals surface area contributed by atoms with Crippen molar-refractivity contribution in [3.63, 3.8) is 0 Å². The smallest absolute Gasteiger partial charge is 0.308 e. The van der Waals surface area contributed by atoms with Gasteiger partial charge >= 0.3 is 5.97 Å². The van der Waals surface area contributed by atoms with Gasteiger partial charge in [0.25, 0.3) is 0 Å². The van der Waals surface area contributed by atoms with Crippen LogP contribution in [0.1, 0.15) is 55.2 Å². The quantitative estimate of drug-likeness (QED) is 0.307. The number of carboxylic acid groups (broad SMARTS) is 1. The number of unbranched alkanes of at least 4 members (excludes halogenated alkanes) is 1. The third-order valence-electron chi connectivity index (χ3n) is 8.05. The average Bonchev–Trinajstić information content (AvgIpc) is 3.57. The van der Waals surface area contributed by atoms with Gasteiger partial charge in [-0.1, -0.05) is 43.7 Å². The van der Waals surface area contributed by atoms with Gasteiger partial charge in [0.15, 0.2) is 0 Å². The molecule has 0 unspecified atom stereocenters. The summed E-state index contributed by atoms with van der Waals surface area (Å²) in [6.07, 6.45) is 3.55. The fourth-order valence-electron chi connectivity index (χ4n) is 5.94.